The Bertz CT molecular complexity index is 511. The lowest BCUT2D eigenvalue weighted by Gasteiger charge is -2.05. The van der Waals surface area contributed by atoms with E-state index in [0.717, 1.165) is 5.56 Å². The van der Waals surface area contributed by atoms with Crippen LogP contribution < -0.4 is 10.0 Å². The Morgan fingerprint density at radius 3 is 2.42 bits per heavy atom. The first-order chi connectivity index (χ1) is 8.99. The number of carbonyl (C=O) groups is 1. The van der Waals surface area contributed by atoms with E-state index in [2.05, 4.69) is 10.0 Å². The molecule has 0 radical (unpaired) electrons. The summed E-state index contributed by atoms with van der Waals surface area (Å²) in [5, 5.41) is 11.1. The molecular weight excluding hydrogens is 268 g/mol. The zero-order valence-electron chi connectivity index (χ0n) is 10.7. The molecule has 106 valence electrons. The average molecular weight is 286 g/mol. The highest BCUT2D eigenvalue weighted by atomic mass is 32.2. The molecule has 1 aromatic carbocycles. The number of hydrogen-bond acceptors (Lipinski definition) is 4. The molecule has 0 unspecified atom stereocenters. The van der Waals surface area contributed by atoms with Gasteiger partial charge in [-0.3, -0.25) is 4.79 Å². The quantitative estimate of drug-likeness (QED) is 0.637. The molecule has 0 atom stereocenters. The van der Waals surface area contributed by atoms with E-state index >= 15 is 0 Å². The van der Waals surface area contributed by atoms with Gasteiger partial charge in [0.05, 0.1) is 11.5 Å². The van der Waals surface area contributed by atoms with Crippen molar-refractivity contribution in [1.82, 2.24) is 10.0 Å². The normalized spacial score (nSPS) is 11.3. The van der Waals surface area contributed by atoms with Crippen molar-refractivity contribution in [1.29, 1.82) is 0 Å². The summed E-state index contributed by atoms with van der Waals surface area (Å²) in [6.07, 6.45) is 0.829. The second-order valence-corrected chi connectivity index (χ2v) is 5.81. The van der Waals surface area contributed by atoms with Crippen LogP contribution in [0, 0.1) is 0 Å². The van der Waals surface area contributed by atoms with E-state index in [1.54, 1.807) is 12.1 Å². The van der Waals surface area contributed by atoms with Gasteiger partial charge >= 0.3 is 0 Å². The van der Waals surface area contributed by atoms with Crippen molar-refractivity contribution in [3.63, 3.8) is 0 Å². The second kappa shape index (κ2) is 7.22. The SMILES string of the molecule is CNS(=O)(=O)c1ccc(CCC(=O)NCCO)cc1. The van der Waals surface area contributed by atoms with Crippen molar-refractivity contribution >= 4 is 15.9 Å². The lowest BCUT2D eigenvalue weighted by Crippen LogP contribution is -2.26. The number of benzene rings is 1. The minimum Gasteiger partial charge on any atom is -0.395 e. The molecule has 0 spiro atoms. The van der Waals surface area contributed by atoms with E-state index in [4.69, 9.17) is 5.11 Å². The van der Waals surface area contributed by atoms with Crippen LogP contribution in [0.5, 0.6) is 0 Å². The first-order valence-corrected chi connectivity index (χ1v) is 7.38. The molecule has 1 rings (SSSR count). The molecule has 0 fully saturated rings. The minimum atomic E-state index is -3.42. The van der Waals surface area contributed by atoms with Crippen LogP contribution in [0.3, 0.4) is 0 Å². The summed E-state index contributed by atoms with van der Waals surface area (Å²) in [6, 6.07) is 6.38. The Morgan fingerprint density at radius 1 is 1.26 bits per heavy atom. The fourth-order valence-electron chi connectivity index (χ4n) is 1.49. The van der Waals surface area contributed by atoms with Gasteiger partial charge in [0.25, 0.3) is 0 Å². The van der Waals surface area contributed by atoms with Crippen molar-refractivity contribution in [2.45, 2.75) is 17.7 Å². The van der Waals surface area contributed by atoms with Gasteiger partial charge in [-0.1, -0.05) is 12.1 Å². The Hall–Kier alpha value is -1.44. The third kappa shape index (κ3) is 4.98. The molecule has 7 heteroatoms. The number of aliphatic hydroxyl groups is 1. The predicted octanol–water partition coefficient (Wildman–Crippen LogP) is -0.364. The zero-order valence-corrected chi connectivity index (χ0v) is 11.5. The van der Waals surface area contributed by atoms with Gasteiger partial charge in [0.15, 0.2) is 0 Å². The molecular formula is C12H18N2O4S. The standard InChI is InChI=1S/C12H18N2O4S/c1-13-19(17,18)11-5-2-10(3-6-11)4-7-12(16)14-8-9-15/h2-3,5-6,13,15H,4,7-9H2,1H3,(H,14,16). The summed E-state index contributed by atoms with van der Waals surface area (Å²) in [4.78, 5) is 11.5. The molecule has 1 aromatic rings. The van der Waals surface area contributed by atoms with Crippen molar-refractivity contribution < 1.29 is 18.3 Å². The van der Waals surface area contributed by atoms with Crippen molar-refractivity contribution in [3.05, 3.63) is 29.8 Å². The van der Waals surface area contributed by atoms with Crippen LogP contribution in [0.15, 0.2) is 29.2 Å². The number of aryl methyl sites for hydroxylation is 1. The van der Waals surface area contributed by atoms with E-state index < -0.39 is 10.0 Å². The Balaban J connectivity index is 2.56. The van der Waals surface area contributed by atoms with Crippen LogP contribution in [0.4, 0.5) is 0 Å². The van der Waals surface area contributed by atoms with Crippen LogP contribution >= 0.6 is 0 Å². The monoisotopic (exact) mass is 286 g/mol. The molecule has 0 saturated carbocycles. The Labute approximate surface area is 112 Å². The van der Waals surface area contributed by atoms with Crippen LogP contribution in [0.2, 0.25) is 0 Å². The molecule has 19 heavy (non-hydrogen) atoms. The number of carbonyl (C=O) groups excluding carboxylic acids is 1. The summed E-state index contributed by atoms with van der Waals surface area (Å²) >= 11 is 0. The van der Waals surface area contributed by atoms with Gasteiger partial charge < -0.3 is 10.4 Å². The number of rotatable bonds is 7. The third-order valence-corrected chi connectivity index (χ3v) is 4.01. The van der Waals surface area contributed by atoms with Gasteiger partial charge in [-0.2, -0.15) is 0 Å². The van der Waals surface area contributed by atoms with Crippen molar-refractivity contribution in [2.75, 3.05) is 20.2 Å². The van der Waals surface area contributed by atoms with Crippen molar-refractivity contribution in [3.8, 4) is 0 Å². The van der Waals surface area contributed by atoms with E-state index in [1.807, 2.05) is 0 Å². The Kier molecular flexibility index (Phi) is 5.94. The number of amides is 1. The minimum absolute atomic E-state index is 0.0810. The summed E-state index contributed by atoms with van der Waals surface area (Å²) in [6.45, 7) is 0.167. The molecule has 0 heterocycles. The maximum Gasteiger partial charge on any atom is 0.240 e. The molecule has 0 aliphatic heterocycles. The molecule has 3 N–H and O–H groups in total. The third-order valence-electron chi connectivity index (χ3n) is 2.58. The fourth-order valence-corrected chi connectivity index (χ4v) is 2.22. The molecule has 0 aliphatic carbocycles. The molecule has 0 aromatic heterocycles. The highest BCUT2D eigenvalue weighted by Crippen LogP contribution is 2.11. The van der Waals surface area contributed by atoms with Gasteiger partial charge in [-0.05, 0) is 31.2 Å². The van der Waals surface area contributed by atoms with Crippen molar-refractivity contribution in [2.24, 2.45) is 0 Å². The highest BCUT2D eigenvalue weighted by Gasteiger charge is 2.10. The molecule has 6 nitrogen and oxygen atoms in total. The fraction of sp³-hybridized carbons (Fsp3) is 0.417. The smallest absolute Gasteiger partial charge is 0.240 e. The van der Waals surface area contributed by atoms with E-state index in [0.29, 0.717) is 12.8 Å². The number of hydrogen-bond donors (Lipinski definition) is 3. The molecule has 0 aliphatic rings. The van der Waals surface area contributed by atoms with Gasteiger partial charge in [-0.25, -0.2) is 13.1 Å². The van der Waals surface area contributed by atoms with Crippen LogP contribution in [-0.4, -0.2) is 39.6 Å². The largest absolute Gasteiger partial charge is 0.395 e. The number of aliphatic hydroxyl groups excluding tert-OH is 1. The molecule has 0 saturated heterocycles. The predicted molar refractivity (Wildman–Crippen MR) is 71.1 cm³/mol. The maximum absolute atomic E-state index is 11.5. The summed E-state index contributed by atoms with van der Waals surface area (Å²) in [5.74, 6) is -0.138. The van der Waals surface area contributed by atoms with Crippen LogP contribution in [-0.2, 0) is 21.2 Å². The molecule has 0 bridgehead atoms. The lowest BCUT2D eigenvalue weighted by molar-refractivity contribution is -0.121. The molecule has 1 amide bonds. The Morgan fingerprint density at radius 2 is 1.89 bits per heavy atom. The zero-order chi connectivity index (χ0) is 14.3. The van der Waals surface area contributed by atoms with Gasteiger partial charge in [-0.15, -0.1) is 0 Å². The summed E-state index contributed by atoms with van der Waals surface area (Å²) < 4.78 is 25.2. The van der Waals surface area contributed by atoms with E-state index in [1.165, 1.54) is 19.2 Å². The highest BCUT2D eigenvalue weighted by molar-refractivity contribution is 7.89. The van der Waals surface area contributed by atoms with E-state index in [-0.39, 0.29) is 24.0 Å². The van der Waals surface area contributed by atoms with Gasteiger partial charge in [0.1, 0.15) is 0 Å². The number of sulfonamides is 1. The number of nitrogens with one attached hydrogen (secondary N) is 2. The van der Waals surface area contributed by atoms with Crippen LogP contribution in [0.25, 0.3) is 0 Å². The first-order valence-electron chi connectivity index (χ1n) is 5.89. The summed E-state index contributed by atoms with van der Waals surface area (Å²) in [5.41, 5.74) is 0.884. The lowest BCUT2D eigenvalue weighted by atomic mass is 10.1. The topological polar surface area (TPSA) is 95.5 Å². The first kappa shape index (κ1) is 15.6. The average Bonchev–Trinajstić information content (AvgIpc) is 2.43. The van der Waals surface area contributed by atoms with E-state index in [9.17, 15) is 13.2 Å². The van der Waals surface area contributed by atoms with Gasteiger partial charge in [0, 0.05) is 13.0 Å². The second-order valence-electron chi connectivity index (χ2n) is 3.93. The summed E-state index contributed by atoms with van der Waals surface area (Å²) in [7, 11) is -2.06. The van der Waals surface area contributed by atoms with Crippen LogP contribution in [0.1, 0.15) is 12.0 Å². The maximum atomic E-state index is 11.5. The van der Waals surface area contributed by atoms with Gasteiger partial charge in [0.2, 0.25) is 15.9 Å².